The standard InChI is InChI=1S/C8H5FN2O3/c9-6-4-8(12)7(11(13)14)3-5(6)1-2-10/h3-4,12H,1H2. The summed E-state index contributed by atoms with van der Waals surface area (Å²) in [4.78, 5) is 9.49. The minimum Gasteiger partial charge on any atom is -0.502 e. The number of phenolic OH excluding ortho intramolecular Hbond substituents is 1. The molecule has 0 bridgehead atoms. The number of nitriles is 1. The maximum Gasteiger partial charge on any atom is 0.311 e. The summed E-state index contributed by atoms with van der Waals surface area (Å²) in [7, 11) is 0. The molecule has 0 unspecified atom stereocenters. The van der Waals surface area contributed by atoms with Crippen LogP contribution in [0, 0.1) is 27.3 Å². The Morgan fingerprint density at radius 3 is 2.79 bits per heavy atom. The molecule has 0 aliphatic carbocycles. The molecule has 0 heterocycles. The van der Waals surface area contributed by atoms with Crippen molar-refractivity contribution in [3.63, 3.8) is 0 Å². The molecule has 0 radical (unpaired) electrons. The van der Waals surface area contributed by atoms with Crippen LogP contribution < -0.4 is 0 Å². The number of nitro groups is 1. The normalized spacial score (nSPS) is 9.43. The van der Waals surface area contributed by atoms with Crippen LogP contribution in [0.15, 0.2) is 12.1 Å². The molecular formula is C8H5FN2O3. The van der Waals surface area contributed by atoms with Gasteiger partial charge in [0.2, 0.25) is 0 Å². The summed E-state index contributed by atoms with van der Waals surface area (Å²) in [5, 5.41) is 27.6. The lowest BCUT2D eigenvalue weighted by atomic mass is 10.1. The van der Waals surface area contributed by atoms with Crippen molar-refractivity contribution >= 4 is 5.69 Å². The van der Waals surface area contributed by atoms with Gasteiger partial charge in [0.1, 0.15) is 5.82 Å². The predicted molar refractivity (Wildman–Crippen MR) is 44.0 cm³/mol. The Kier molecular flexibility index (Phi) is 2.62. The van der Waals surface area contributed by atoms with Gasteiger partial charge >= 0.3 is 5.69 Å². The maximum absolute atomic E-state index is 12.9. The fourth-order valence-electron chi connectivity index (χ4n) is 0.961. The number of aromatic hydroxyl groups is 1. The van der Waals surface area contributed by atoms with E-state index < -0.39 is 22.2 Å². The highest BCUT2D eigenvalue weighted by atomic mass is 19.1. The molecule has 1 aromatic rings. The Morgan fingerprint density at radius 2 is 2.29 bits per heavy atom. The van der Waals surface area contributed by atoms with Crippen LogP contribution in [0.1, 0.15) is 5.56 Å². The van der Waals surface area contributed by atoms with Crippen LogP contribution in [-0.2, 0) is 6.42 Å². The Labute approximate surface area is 78.2 Å². The minimum absolute atomic E-state index is 0.1000. The molecule has 0 atom stereocenters. The van der Waals surface area contributed by atoms with Gasteiger partial charge in [-0.2, -0.15) is 5.26 Å². The molecule has 0 aliphatic heterocycles. The summed E-state index contributed by atoms with van der Waals surface area (Å²) in [6, 6.07) is 3.15. The second kappa shape index (κ2) is 3.70. The molecule has 72 valence electrons. The zero-order chi connectivity index (χ0) is 10.7. The average Bonchev–Trinajstić information content (AvgIpc) is 2.09. The topological polar surface area (TPSA) is 87.2 Å². The van der Waals surface area contributed by atoms with Crippen molar-refractivity contribution < 1.29 is 14.4 Å². The average molecular weight is 196 g/mol. The molecule has 0 aliphatic rings. The van der Waals surface area contributed by atoms with Crippen LogP contribution >= 0.6 is 0 Å². The Hall–Kier alpha value is -2.16. The zero-order valence-electron chi connectivity index (χ0n) is 6.90. The van der Waals surface area contributed by atoms with Gasteiger partial charge in [-0.3, -0.25) is 10.1 Å². The maximum atomic E-state index is 12.9. The van der Waals surface area contributed by atoms with E-state index in [4.69, 9.17) is 10.4 Å². The molecule has 0 fully saturated rings. The molecule has 0 spiro atoms. The number of nitrogens with zero attached hydrogens (tertiary/aromatic N) is 2. The first kappa shape index (κ1) is 9.92. The number of hydrogen-bond donors (Lipinski definition) is 1. The third kappa shape index (κ3) is 1.77. The monoisotopic (exact) mass is 196 g/mol. The zero-order valence-corrected chi connectivity index (χ0v) is 6.90. The van der Waals surface area contributed by atoms with Gasteiger partial charge in [0.05, 0.1) is 17.4 Å². The molecular weight excluding hydrogens is 191 g/mol. The van der Waals surface area contributed by atoms with E-state index in [1.165, 1.54) is 0 Å². The van der Waals surface area contributed by atoms with E-state index in [0.29, 0.717) is 6.07 Å². The summed E-state index contributed by atoms with van der Waals surface area (Å²) < 4.78 is 12.9. The summed E-state index contributed by atoms with van der Waals surface area (Å²) in [5.41, 5.74) is -0.700. The molecule has 6 heteroatoms. The molecule has 0 saturated heterocycles. The molecule has 0 aromatic heterocycles. The highest BCUT2D eigenvalue weighted by molar-refractivity contribution is 5.48. The quantitative estimate of drug-likeness (QED) is 0.573. The predicted octanol–water partition coefficient (Wildman–Crippen LogP) is 1.51. The molecule has 1 aromatic carbocycles. The summed E-state index contributed by atoms with van der Waals surface area (Å²) >= 11 is 0. The van der Waals surface area contributed by atoms with Crippen LogP contribution in [0.3, 0.4) is 0 Å². The molecule has 1 N–H and O–H groups in total. The van der Waals surface area contributed by atoms with E-state index >= 15 is 0 Å². The number of phenols is 1. The van der Waals surface area contributed by atoms with Gasteiger partial charge in [0.15, 0.2) is 5.75 Å². The summed E-state index contributed by atoms with van der Waals surface area (Å²) in [6.07, 6.45) is -0.271. The molecule has 14 heavy (non-hydrogen) atoms. The lowest BCUT2D eigenvalue weighted by Gasteiger charge is -2.00. The van der Waals surface area contributed by atoms with Crippen LogP contribution in [0.4, 0.5) is 10.1 Å². The highest BCUT2D eigenvalue weighted by Crippen LogP contribution is 2.28. The smallest absolute Gasteiger partial charge is 0.311 e. The fourth-order valence-corrected chi connectivity index (χ4v) is 0.961. The third-order valence-corrected chi connectivity index (χ3v) is 1.61. The van der Waals surface area contributed by atoms with Crippen molar-refractivity contribution in [2.75, 3.05) is 0 Å². The Bertz CT molecular complexity index is 425. The van der Waals surface area contributed by atoms with E-state index in [2.05, 4.69) is 0 Å². The number of benzene rings is 1. The van der Waals surface area contributed by atoms with E-state index in [1.54, 1.807) is 6.07 Å². The van der Waals surface area contributed by atoms with Gasteiger partial charge < -0.3 is 5.11 Å². The van der Waals surface area contributed by atoms with E-state index in [9.17, 15) is 14.5 Å². The highest BCUT2D eigenvalue weighted by Gasteiger charge is 2.17. The number of hydrogen-bond acceptors (Lipinski definition) is 4. The van der Waals surface area contributed by atoms with E-state index in [-0.39, 0.29) is 12.0 Å². The summed E-state index contributed by atoms with van der Waals surface area (Å²) in [5.74, 6) is -1.57. The first-order valence-corrected chi connectivity index (χ1v) is 3.59. The molecule has 1 rings (SSSR count). The lowest BCUT2D eigenvalue weighted by molar-refractivity contribution is -0.386. The second-order valence-electron chi connectivity index (χ2n) is 2.52. The summed E-state index contributed by atoms with van der Waals surface area (Å²) in [6.45, 7) is 0. The van der Waals surface area contributed by atoms with Gasteiger partial charge in [-0.1, -0.05) is 0 Å². The number of nitro benzene ring substituents is 1. The van der Waals surface area contributed by atoms with Gasteiger partial charge in [-0.15, -0.1) is 0 Å². The van der Waals surface area contributed by atoms with Gasteiger partial charge in [0.25, 0.3) is 0 Å². The molecule has 0 saturated carbocycles. The van der Waals surface area contributed by atoms with Crippen LogP contribution in [0.5, 0.6) is 5.75 Å². The Morgan fingerprint density at radius 1 is 1.64 bits per heavy atom. The first-order valence-electron chi connectivity index (χ1n) is 3.59. The molecule has 5 nitrogen and oxygen atoms in total. The van der Waals surface area contributed by atoms with Crippen LogP contribution in [0.2, 0.25) is 0 Å². The van der Waals surface area contributed by atoms with Crippen molar-refractivity contribution in [2.45, 2.75) is 6.42 Å². The Balaban J connectivity index is 3.28. The van der Waals surface area contributed by atoms with Crippen molar-refractivity contribution in [1.82, 2.24) is 0 Å². The van der Waals surface area contributed by atoms with Gasteiger partial charge in [0, 0.05) is 17.7 Å². The van der Waals surface area contributed by atoms with Gasteiger partial charge in [-0.25, -0.2) is 4.39 Å². The largest absolute Gasteiger partial charge is 0.502 e. The third-order valence-electron chi connectivity index (χ3n) is 1.61. The van der Waals surface area contributed by atoms with E-state index in [0.717, 1.165) is 6.07 Å². The molecule has 0 amide bonds. The van der Waals surface area contributed by atoms with Crippen molar-refractivity contribution in [1.29, 1.82) is 5.26 Å². The van der Waals surface area contributed by atoms with E-state index in [1.807, 2.05) is 0 Å². The van der Waals surface area contributed by atoms with Crippen LogP contribution in [-0.4, -0.2) is 10.0 Å². The van der Waals surface area contributed by atoms with Crippen molar-refractivity contribution in [2.24, 2.45) is 0 Å². The van der Waals surface area contributed by atoms with Crippen molar-refractivity contribution in [3.8, 4) is 11.8 Å². The second-order valence-corrected chi connectivity index (χ2v) is 2.52. The number of rotatable bonds is 2. The number of halogens is 1. The van der Waals surface area contributed by atoms with Crippen molar-refractivity contribution in [3.05, 3.63) is 33.6 Å². The SMILES string of the molecule is N#CCc1cc([N+](=O)[O-])c(O)cc1F. The van der Waals surface area contributed by atoms with Gasteiger partial charge in [-0.05, 0) is 0 Å². The fraction of sp³-hybridized carbons (Fsp3) is 0.125. The lowest BCUT2D eigenvalue weighted by Crippen LogP contribution is -1.94. The minimum atomic E-state index is -0.838. The van der Waals surface area contributed by atoms with Crippen LogP contribution in [0.25, 0.3) is 0 Å². The first-order chi connectivity index (χ1) is 6.56.